The van der Waals surface area contributed by atoms with Crippen LogP contribution in [0.4, 0.5) is 36.2 Å². The van der Waals surface area contributed by atoms with Crippen LogP contribution >= 0.6 is 0 Å². The van der Waals surface area contributed by atoms with Crippen LogP contribution in [0.5, 0.6) is 5.75 Å². The molecular formula is C19H17F3N4O. The van der Waals surface area contributed by atoms with Crippen LogP contribution in [0.2, 0.25) is 0 Å². The summed E-state index contributed by atoms with van der Waals surface area (Å²) in [5.41, 5.74) is -0.161. The topological polar surface area (TPSA) is 59.1 Å². The number of hydrogen-bond acceptors (Lipinski definition) is 5. The Morgan fingerprint density at radius 2 is 1.41 bits per heavy atom. The zero-order valence-electron chi connectivity index (χ0n) is 14.6. The van der Waals surface area contributed by atoms with E-state index in [0.717, 1.165) is 6.07 Å². The molecule has 0 amide bonds. The van der Waals surface area contributed by atoms with E-state index in [1.165, 1.54) is 24.3 Å². The normalized spacial score (nSPS) is 11.1. The van der Waals surface area contributed by atoms with Crippen molar-refractivity contribution < 1.29 is 17.9 Å². The number of benzene rings is 2. The number of aromatic nitrogens is 2. The number of alkyl halides is 3. The summed E-state index contributed by atoms with van der Waals surface area (Å²) in [6.07, 6.45) is -4.47. The molecule has 0 spiro atoms. The van der Waals surface area contributed by atoms with Gasteiger partial charge in [0.05, 0.1) is 24.0 Å². The molecule has 0 bridgehead atoms. The molecule has 0 unspecified atom stereocenters. The molecule has 1 heterocycles. The molecule has 5 nitrogen and oxygen atoms in total. The molecule has 0 aliphatic carbocycles. The van der Waals surface area contributed by atoms with Gasteiger partial charge >= 0.3 is 6.18 Å². The molecule has 2 aromatic carbocycles. The Morgan fingerprint density at radius 1 is 0.852 bits per heavy atom. The molecule has 8 heteroatoms. The summed E-state index contributed by atoms with van der Waals surface area (Å²) in [4.78, 5) is 8.45. The maximum atomic E-state index is 13.2. The van der Waals surface area contributed by atoms with E-state index in [1.807, 2.05) is 18.2 Å². The smallest absolute Gasteiger partial charge is 0.418 e. The summed E-state index contributed by atoms with van der Waals surface area (Å²) in [6.45, 7) is 1.66. The van der Waals surface area contributed by atoms with Crippen molar-refractivity contribution in [3.63, 3.8) is 0 Å². The zero-order valence-corrected chi connectivity index (χ0v) is 14.6. The SMILES string of the molecule is COc1ccccc1Nc1cc(Nc2ccccc2C(F)(F)F)nc(C)n1. The Kier molecular flexibility index (Phi) is 5.16. The summed E-state index contributed by atoms with van der Waals surface area (Å²) in [6, 6.07) is 14.0. The molecular weight excluding hydrogens is 357 g/mol. The van der Waals surface area contributed by atoms with Gasteiger partial charge in [0.2, 0.25) is 0 Å². The Balaban J connectivity index is 1.91. The third-order valence-corrected chi connectivity index (χ3v) is 3.70. The van der Waals surface area contributed by atoms with Gasteiger partial charge in [-0.15, -0.1) is 0 Å². The van der Waals surface area contributed by atoms with E-state index in [4.69, 9.17) is 4.74 Å². The highest BCUT2D eigenvalue weighted by Gasteiger charge is 2.33. The lowest BCUT2D eigenvalue weighted by atomic mass is 10.1. The summed E-state index contributed by atoms with van der Waals surface area (Å²) in [5.74, 6) is 1.70. The summed E-state index contributed by atoms with van der Waals surface area (Å²) >= 11 is 0. The van der Waals surface area contributed by atoms with Crippen molar-refractivity contribution in [1.29, 1.82) is 0 Å². The van der Waals surface area contributed by atoms with Crippen LogP contribution in [0.25, 0.3) is 0 Å². The predicted molar refractivity (Wildman–Crippen MR) is 97.8 cm³/mol. The molecule has 0 aliphatic heterocycles. The number of hydrogen-bond donors (Lipinski definition) is 2. The van der Waals surface area contributed by atoms with Crippen molar-refractivity contribution >= 4 is 23.0 Å². The Labute approximate surface area is 154 Å². The monoisotopic (exact) mass is 374 g/mol. The van der Waals surface area contributed by atoms with Gasteiger partial charge in [0.25, 0.3) is 0 Å². The highest BCUT2D eigenvalue weighted by atomic mass is 19.4. The maximum absolute atomic E-state index is 13.2. The zero-order chi connectivity index (χ0) is 19.4. The third kappa shape index (κ3) is 4.46. The average Bonchev–Trinajstić information content (AvgIpc) is 2.61. The molecule has 2 N–H and O–H groups in total. The number of para-hydroxylation sites is 3. The second-order valence-electron chi connectivity index (χ2n) is 5.68. The van der Waals surface area contributed by atoms with Gasteiger partial charge in [-0.2, -0.15) is 13.2 Å². The van der Waals surface area contributed by atoms with E-state index in [9.17, 15) is 13.2 Å². The lowest BCUT2D eigenvalue weighted by molar-refractivity contribution is -0.136. The number of aryl methyl sites for hydroxylation is 1. The van der Waals surface area contributed by atoms with E-state index < -0.39 is 11.7 Å². The summed E-state index contributed by atoms with van der Waals surface area (Å²) in [7, 11) is 1.55. The fourth-order valence-electron chi connectivity index (χ4n) is 2.56. The number of methoxy groups -OCH3 is 1. The minimum Gasteiger partial charge on any atom is -0.495 e. The van der Waals surface area contributed by atoms with Crippen LogP contribution < -0.4 is 15.4 Å². The van der Waals surface area contributed by atoms with Crippen LogP contribution in [0.1, 0.15) is 11.4 Å². The van der Waals surface area contributed by atoms with E-state index in [-0.39, 0.29) is 11.5 Å². The number of halogens is 3. The number of nitrogens with zero attached hydrogens (tertiary/aromatic N) is 2. The lowest BCUT2D eigenvalue weighted by Gasteiger charge is -2.15. The van der Waals surface area contributed by atoms with E-state index in [0.29, 0.717) is 23.1 Å². The largest absolute Gasteiger partial charge is 0.495 e. The molecule has 0 fully saturated rings. The van der Waals surface area contributed by atoms with E-state index >= 15 is 0 Å². The second-order valence-corrected chi connectivity index (χ2v) is 5.68. The van der Waals surface area contributed by atoms with Crippen LogP contribution in [0.3, 0.4) is 0 Å². The molecule has 0 atom stereocenters. The highest BCUT2D eigenvalue weighted by Crippen LogP contribution is 2.36. The van der Waals surface area contributed by atoms with Gasteiger partial charge in [-0.25, -0.2) is 9.97 Å². The molecule has 0 saturated carbocycles. The van der Waals surface area contributed by atoms with Gasteiger partial charge in [0.1, 0.15) is 23.2 Å². The predicted octanol–water partition coefficient (Wildman–Crippen LogP) is 5.30. The molecule has 3 aromatic rings. The first-order chi connectivity index (χ1) is 12.9. The number of nitrogens with one attached hydrogen (secondary N) is 2. The van der Waals surface area contributed by atoms with Crippen LogP contribution in [-0.4, -0.2) is 17.1 Å². The fourth-order valence-corrected chi connectivity index (χ4v) is 2.56. The van der Waals surface area contributed by atoms with Crippen LogP contribution in [-0.2, 0) is 6.18 Å². The summed E-state index contributed by atoms with van der Waals surface area (Å²) in [5, 5.41) is 5.83. The number of rotatable bonds is 5. The molecule has 3 rings (SSSR count). The van der Waals surface area contributed by atoms with Gasteiger partial charge in [0, 0.05) is 6.07 Å². The highest BCUT2D eigenvalue weighted by molar-refractivity contribution is 5.68. The van der Waals surface area contributed by atoms with Crippen molar-refractivity contribution in [1.82, 2.24) is 9.97 Å². The Morgan fingerprint density at radius 3 is 2.04 bits per heavy atom. The first kappa shape index (κ1) is 18.5. The van der Waals surface area contributed by atoms with Gasteiger partial charge in [0.15, 0.2) is 0 Å². The molecule has 27 heavy (non-hydrogen) atoms. The van der Waals surface area contributed by atoms with Gasteiger partial charge in [-0.05, 0) is 31.2 Å². The minimum atomic E-state index is -4.47. The average molecular weight is 374 g/mol. The van der Waals surface area contributed by atoms with Gasteiger partial charge < -0.3 is 15.4 Å². The van der Waals surface area contributed by atoms with E-state index in [2.05, 4.69) is 20.6 Å². The van der Waals surface area contributed by atoms with Crippen LogP contribution in [0, 0.1) is 6.92 Å². The van der Waals surface area contributed by atoms with E-state index in [1.54, 1.807) is 20.1 Å². The Bertz CT molecular complexity index is 944. The number of ether oxygens (including phenoxy) is 1. The van der Waals surface area contributed by atoms with Crippen molar-refractivity contribution in [3.8, 4) is 5.75 Å². The van der Waals surface area contributed by atoms with Crippen molar-refractivity contribution in [3.05, 3.63) is 66.0 Å². The maximum Gasteiger partial charge on any atom is 0.418 e. The number of anilines is 4. The first-order valence-corrected chi connectivity index (χ1v) is 8.06. The second kappa shape index (κ2) is 7.53. The first-order valence-electron chi connectivity index (χ1n) is 8.06. The minimum absolute atomic E-state index is 0.0775. The molecule has 0 saturated heterocycles. The quantitative estimate of drug-likeness (QED) is 0.635. The van der Waals surface area contributed by atoms with Crippen molar-refractivity contribution in [2.45, 2.75) is 13.1 Å². The molecule has 140 valence electrons. The van der Waals surface area contributed by atoms with Crippen LogP contribution in [0.15, 0.2) is 54.6 Å². The Hall–Kier alpha value is -3.29. The molecule has 0 radical (unpaired) electrons. The fraction of sp³-hybridized carbons (Fsp3) is 0.158. The molecule has 1 aromatic heterocycles. The third-order valence-electron chi connectivity index (χ3n) is 3.70. The molecule has 0 aliphatic rings. The van der Waals surface area contributed by atoms with Crippen molar-refractivity contribution in [2.24, 2.45) is 0 Å². The standard InChI is InChI=1S/C19H17F3N4O/c1-12-23-17(25-14-8-4-3-7-13(14)19(20,21)22)11-18(24-12)26-15-9-5-6-10-16(15)27-2/h3-11H,1-2H3,(H2,23,24,25,26). The van der Waals surface area contributed by atoms with Crippen molar-refractivity contribution in [2.75, 3.05) is 17.7 Å². The summed E-state index contributed by atoms with van der Waals surface area (Å²) < 4.78 is 44.8. The lowest BCUT2D eigenvalue weighted by Crippen LogP contribution is -2.09. The van der Waals surface area contributed by atoms with Gasteiger partial charge in [-0.1, -0.05) is 24.3 Å². The van der Waals surface area contributed by atoms with Gasteiger partial charge in [-0.3, -0.25) is 0 Å².